The number of halogens is 1. The predicted molar refractivity (Wildman–Crippen MR) is 98.3 cm³/mol. The van der Waals surface area contributed by atoms with Crippen molar-refractivity contribution in [3.05, 3.63) is 68.9 Å². The van der Waals surface area contributed by atoms with Crippen LogP contribution in [0.2, 0.25) is 5.02 Å². The lowest BCUT2D eigenvalue weighted by Gasteiger charge is -2.06. The smallest absolute Gasteiger partial charge is 0.270 e. The van der Waals surface area contributed by atoms with Gasteiger partial charge < -0.3 is 4.98 Å². The number of nitro groups is 1. The SMILES string of the molecule is CS(=O)(=O)Nc1c(C(=O)c2cccc([N+](=O)[O-])c2)[nH]c2cc(Cl)ccc12. The van der Waals surface area contributed by atoms with Crippen molar-refractivity contribution in [2.24, 2.45) is 0 Å². The first kappa shape index (κ1) is 17.9. The van der Waals surface area contributed by atoms with Gasteiger partial charge in [0.2, 0.25) is 15.8 Å². The summed E-state index contributed by atoms with van der Waals surface area (Å²) in [5, 5.41) is 11.8. The highest BCUT2D eigenvalue weighted by Crippen LogP contribution is 2.32. The number of nitrogens with zero attached hydrogens (tertiary/aromatic N) is 1. The summed E-state index contributed by atoms with van der Waals surface area (Å²) in [6, 6.07) is 9.88. The molecule has 0 atom stereocenters. The highest BCUT2D eigenvalue weighted by Gasteiger charge is 2.22. The van der Waals surface area contributed by atoms with Gasteiger partial charge in [0.15, 0.2) is 0 Å². The van der Waals surface area contributed by atoms with Crippen molar-refractivity contribution >= 4 is 49.7 Å². The van der Waals surface area contributed by atoms with E-state index >= 15 is 0 Å². The van der Waals surface area contributed by atoms with E-state index in [9.17, 15) is 23.3 Å². The Bertz CT molecular complexity index is 1150. The molecule has 1 heterocycles. The van der Waals surface area contributed by atoms with Gasteiger partial charge in [-0.1, -0.05) is 23.7 Å². The molecule has 2 aromatic carbocycles. The minimum Gasteiger partial charge on any atom is -0.350 e. The second-order valence-corrected chi connectivity index (χ2v) is 7.76. The first-order valence-electron chi connectivity index (χ1n) is 7.24. The summed E-state index contributed by atoms with van der Waals surface area (Å²) in [6.07, 6.45) is 0.962. The fourth-order valence-electron chi connectivity index (χ4n) is 2.54. The molecule has 26 heavy (non-hydrogen) atoms. The van der Waals surface area contributed by atoms with E-state index in [0.717, 1.165) is 12.3 Å². The molecular weight excluding hydrogens is 382 g/mol. The van der Waals surface area contributed by atoms with E-state index in [2.05, 4.69) is 9.71 Å². The molecule has 1 aromatic heterocycles. The molecule has 134 valence electrons. The van der Waals surface area contributed by atoms with Crippen LogP contribution < -0.4 is 4.72 Å². The number of nitro benzene ring substituents is 1. The number of carbonyl (C=O) groups is 1. The maximum absolute atomic E-state index is 12.9. The third-order valence-corrected chi connectivity index (χ3v) is 4.40. The summed E-state index contributed by atoms with van der Waals surface area (Å²) in [4.78, 5) is 26.0. The molecule has 3 aromatic rings. The van der Waals surface area contributed by atoms with Gasteiger partial charge in [0.25, 0.3) is 5.69 Å². The van der Waals surface area contributed by atoms with E-state index < -0.39 is 20.7 Å². The van der Waals surface area contributed by atoms with Crippen LogP contribution in [-0.2, 0) is 10.0 Å². The lowest BCUT2D eigenvalue weighted by Crippen LogP contribution is -2.13. The maximum atomic E-state index is 12.9. The number of non-ortho nitro benzene ring substituents is 1. The van der Waals surface area contributed by atoms with Crippen LogP contribution in [-0.4, -0.2) is 30.4 Å². The molecule has 0 unspecified atom stereocenters. The number of rotatable bonds is 5. The van der Waals surface area contributed by atoms with Gasteiger partial charge in [0.05, 0.1) is 16.9 Å². The quantitative estimate of drug-likeness (QED) is 0.391. The molecule has 0 saturated carbocycles. The molecule has 0 aliphatic rings. The minimum atomic E-state index is -3.67. The number of fused-ring (bicyclic) bond motifs is 1. The highest BCUT2D eigenvalue weighted by molar-refractivity contribution is 7.92. The number of H-pyrrole nitrogens is 1. The average molecular weight is 394 g/mol. The van der Waals surface area contributed by atoms with E-state index in [1.165, 1.54) is 18.2 Å². The number of carbonyl (C=O) groups excluding carboxylic acids is 1. The van der Waals surface area contributed by atoms with E-state index in [4.69, 9.17) is 11.6 Å². The first-order chi connectivity index (χ1) is 12.2. The van der Waals surface area contributed by atoms with E-state index in [-0.39, 0.29) is 22.6 Å². The van der Waals surface area contributed by atoms with Crippen LogP contribution in [0.3, 0.4) is 0 Å². The molecule has 3 rings (SSSR count). The molecular formula is C16H12ClN3O5S. The first-order valence-corrected chi connectivity index (χ1v) is 9.51. The van der Waals surface area contributed by atoms with E-state index in [1.807, 2.05) is 0 Å². The Morgan fingerprint density at radius 2 is 1.96 bits per heavy atom. The van der Waals surface area contributed by atoms with Gasteiger partial charge >= 0.3 is 0 Å². The van der Waals surface area contributed by atoms with Crippen molar-refractivity contribution in [3.63, 3.8) is 0 Å². The zero-order valence-corrected chi connectivity index (χ0v) is 14.9. The van der Waals surface area contributed by atoms with Crippen LogP contribution in [0, 0.1) is 10.1 Å². The molecule has 2 N–H and O–H groups in total. The molecule has 0 spiro atoms. The van der Waals surface area contributed by atoms with Gasteiger partial charge in [-0.25, -0.2) is 8.42 Å². The van der Waals surface area contributed by atoms with Gasteiger partial charge in [-0.15, -0.1) is 0 Å². The Balaban J connectivity index is 2.20. The van der Waals surface area contributed by atoms with Crippen molar-refractivity contribution < 1.29 is 18.1 Å². The molecule has 10 heteroatoms. The van der Waals surface area contributed by atoms with Gasteiger partial charge in [-0.3, -0.25) is 19.6 Å². The largest absolute Gasteiger partial charge is 0.350 e. The zero-order valence-electron chi connectivity index (χ0n) is 13.3. The summed E-state index contributed by atoms with van der Waals surface area (Å²) in [5.74, 6) is -0.591. The van der Waals surface area contributed by atoms with Crippen LogP contribution in [0.25, 0.3) is 10.9 Å². The predicted octanol–water partition coefficient (Wildman–Crippen LogP) is 3.33. The summed E-state index contributed by atoms with van der Waals surface area (Å²) < 4.78 is 25.7. The summed E-state index contributed by atoms with van der Waals surface area (Å²) >= 11 is 5.95. The summed E-state index contributed by atoms with van der Waals surface area (Å²) in [7, 11) is -3.67. The number of ketones is 1. The lowest BCUT2D eigenvalue weighted by molar-refractivity contribution is -0.384. The van der Waals surface area contributed by atoms with Gasteiger partial charge in [-0.2, -0.15) is 0 Å². The fourth-order valence-corrected chi connectivity index (χ4v) is 3.29. The fraction of sp³-hybridized carbons (Fsp3) is 0.0625. The topological polar surface area (TPSA) is 122 Å². The number of hydrogen-bond acceptors (Lipinski definition) is 5. The molecule has 0 aliphatic carbocycles. The van der Waals surface area contributed by atoms with Crippen molar-refractivity contribution in [2.45, 2.75) is 0 Å². The molecule has 8 nitrogen and oxygen atoms in total. The Labute approximate surface area is 153 Å². The average Bonchev–Trinajstić information content (AvgIpc) is 2.90. The number of nitrogens with one attached hydrogen (secondary N) is 2. The van der Waals surface area contributed by atoms with Crippen LogP contribution in [0.15, 0.2) is 42.5 Å². The minimum absolute atomic E-state index is 0.0341. The van der Waals surface area contributed by atoms with Crippen LogP contribution in [0.1, 0.15) is 16.1 Å². The van der Waals surface area contributed by atoms with Crippen molar-refractivity contribution in [3.8, 4) is 0 Å². The molecule has 0 bridgehead atoms. The second-order valence-electron chi connectivity index (χ2n) is 5.58. The summed E-state index contributed by atoms with van der Waals surface area (Å²) in [6.45, 7) is 0. The number of anilines is 1. The third-order valence-electron chi connectivity index (χ3n) is 3.59. The number of aromatic amines is 1. The van der Waals surface area contributed by atoms with Gasteiger partial charge in [0, 0.05) is 33.6 Å². The maximum Gasteiger partial charge on any atom is 0.270 e. The second kappa shape index (κ2) is 6.43. The van der Waals surface area contributed by atoms with Crippen molar-refractivity contribution in [1.29, 1.82) is 0 Å². The Morgan fingerprint density at radius 3 is 2.62 bits per heavy atom. The van der Waals surface area contributed by atoms with Crippen molar-refractivity contribution in [2.75, 3.05) is 11.0 Å². The van der Waals surface area contributed by atoms with E-state index in [0.29, 0.717) is 15.9 Å². The molecule has 0 saturated heterocycles. The van der Waals surface area contributed by atoms with Gasteiger partial charge in [-0.05, 0) is 18.2 Å². The lowest BCUT2D eigenvalue weighted by atomic mass is 10.1. The molecule has 0 radical (unpaired) electrons. The Kier molecular flexibility index (Phi) is 4.43. The van der Waals surface area contributed by atoms with Crippen molar-refractivity contribution in [1.82, 2.24) is 4.98 Å². The number of sulfonamides is 1. The third kappa shape index (κ3) is 3.53. The number of benzene rings is 2. The summed E-state index contributed by atoms with van der Waals surface area (Å²) in [5.41, 5.74) is 0.294. The standard InChI is InChI=1S/C16H12ClN3O5S/c1-26(24,25)19-14-12-6-5-10(17)8-13(12)18-15(14)16(21)9-3-2-4-11(7-9)20(22)23/h2-8,18-19H,1H3. The Morgan fingerprint density at radius 1 is 1.23 bits per heavy atom. The number of aromatic nitrogens is 1. The van der Waals surface area contributed by atoms with Crippen LogP contribution >= 0.6 is 11.6 Å². The van der Waals surface area contributed by atoms with Gasteiger partial charge in [0.1, 0.15) is 5.69 Å². The highest BCUT2D eigenvalue weighted by atomic mass is 35.5. The molecule has 0 fully saturated rings. The van der Waals surface area contributed by atoms with Crippen LogP contribution in [0.5, 0.6) is 0 Å². The Hall–Kier alpha value is -2.91. The van der Waals surface area contributed by atoms with E-state index in [1.54, 1.807) is 18.2 Å². The molecule has 0 amide bonds. The monoisotopic (exact) mass is 393 g/mol. The zero-order chi connectivity index (χ0) is 19.1. The number of hydrogen-bond donors (Lipinski definition) is 2. The molecule has 0 aliphatic heterocycles. The normalized spacial score (nSPS) is 11.5. The van der Waals surface area contributed by atoms with Crippen LogP contribution in [0.4, 0.5) is 11.4 Å².